The second-order valence-corrected chi connectivity index (χ2v) is 7.90. The van der Waals surface area contributed by atoms with Crippen LogP contribution in [0, 0.1) is 0 Å². The van der Waals surface area contributed by atoms with Gasteiger partial charge >= 0.3 is 5.97 Å². The molecule has 0 atom stereocenters. The Hall–Kier alpha value is -2.04. The van der Waals surface area contributed by atoms with E-state index >= 15 is 0 Å². The van der Waals surface area contributed by atoms with Crippen LogP contribution in [0.1, 0.15) is 77.0 Å². The van der Waals surface area contributed by atoms with Crippen molar-refractivity contribution in [3.63, 3.8) is 0 Å². The van der Waals surface area contributed by atoms with Crippen molar-refractivity contribution in [3.8, 4) is 0 Å². The van der Waals surface area contributed by atoms with Gasteiger partial charge in [-0.1, -0.05) is 25.7 Å². The fourth-order valence-corrected chi connectivity index (χ4v) is 2.96. The summed E-state index contributed by atoms with van der Waals surface area (Å²) in [6.45, 7) is 4.13. The Balaban J connectivity index is 3.20. The molecule has 10 nitrogen and oxygen atoms in total. The smallest absolute Gasteiger partial charge is 0.303 e. The van der Waals surface area contributed by atoms with E-state index in [1.54, 1.807) is 6.29 Å². The first-order valence-corrected chi connectivity index (χ1v) is 12.4. The molecule has 0 bridgehead atoms. The lowest BCUT2D eigenvalue weighted by molar-refractivity contribution is -0.137. The number of aliphatic carboxylic acids is 1. The van der Waals surface area contributed by atoms with Crippen LogP contribution in [0.2, 0.25) is 0 Å². The van der Waals surface area contributed by atoms with Gasteiger partial charge in [0.1, 0.15) is 0 Å². The Labute approximate surface area is 203 Å². The topological polar surface area (TPSA) is 140 Å². The van der Waals surface area contributed by atoms with E-state index in [-0.39, 0.29) is 31.1 Å². The summed E-state index contributed by atoms with van der Waals surface area (Å²) in [5.41, 5.74) is 0. The third-order valence-electron chi connectivity index (χ3n) is 4.82. The Morgan fingerprint density at radius 3 is 1.53 bits per heavy atom. The van der Waals surface area contributed by atoms with E-state index in [4.69, 9.17) is 19.3 Å². The standard InChI is InChI=1S/C24H43N2O8/c27-15-7-11-23(29)26-14-9-17-33-19-21-34-20-18-32-16-8-13-25-22(28)10-5-3-1-2-4-6-12-24(30)31/h1-14,16-21H2,(H,25,28)(H,26,29)(H,30,31). The van der Waals surface area contributed by atoms with Crippen molar-refractivity contribution < 1.29 is 38.5 Å². The summed E-state index contributed by atoms with van der Waals surface area (Å²) in [7, 11) is 0. The maximum atomic E-state index is 11.8. The molecule has 10 heteroatoms. The predicted octanol–water partition coefficient (Wildman–Crippen LogP) is 2.14. The molecule has 0 unspecified atom stereocenters. The van der Waals surface area contributed by atoms with Gasteiger partial charge in [-0.25, -0.2) is 0 Å². The Morgan fingerprint density at radius 1 is 0.588 bits per heavy atom. The number of hydrogen-bond acceptors (Lipinski definition) is 7. The van der Waals surface area contributed by atoms with E-state index in [0.717, 1.165) is 44.9 Å². The normalized spacial score (nSPS) is 10.7. The zero-order valence-corrected chi connectivity index (χ0v) is 20.4. The van der Waals surface area contributed by atoms with E-state index in [1.807, 2.05) is 0 Å². The first-order chi connectivity index (χ1) is 16.6. The van der Waals surface area contributed by atoms with Gasteiger partial charge in [0, 0.05) is 52.0 Å². The average Bonchev–Trinajstić information content (AvgIpc) is 2.81. The SMILES string of the molecule is O=[C]CCC(=O)NCCCOCCOCCOCCCNC(=O)CCCCCCCCC(=O)O. The fourth-order valence-electron chi connectivity index (χ4n) is 2.96. The lowest BCUT2D eigenvalue weighted by Gasteiger charge is -2.08. The number of unbranched alkanes of at least 4 members (excludes halogenated alkanes) is 5. The molecule has 0 aliphatic carbocycles. The van der Waals surface area contributed by atoms with Crippen LogP contribution >= 0.6 is 0 Å². The van der Waals surface area contributed by atoms with Crippen LogP contribution in [0.15, 0.2) is 0 Å². The maximum absolute atomic E-state index is 11.8. The third-order valence-corrected chi connectivity index (χ3v) is 4.82. The number of rotatable bonds is 26. The summed E-state index contributed by atoms with van der Waals surface area (Å²) in [6.07, 6.45) is 9.79. The van der Waals surface area contributed by atoms with E-state index in [1.165, 1.54) is 0 Å². The van der Waals surface area contributed by atoms with Crippen molar-refractivity contribution in [1.29, 1.82) is 0 Å². The number of amides is 2. The van der Waals surface area contributed by atoms with Crippen LogP contribution in [0.4, 0.5) is 0 Å². The predicted molar refractivity (Wildman–Crippen MR) is 127 cm³/mol. The van der Waals surface area contributed by atoms with Crippen molar-refractivity contribution in [3.05, 3.63) is 0 Å². The number of carboxylic acid groups (broad SMARTS) is 1. The van der Waals surface area contributed by atoms with Crippen LogP contribution < -0.4 is 10.6 Å². The Bertz CT molecular complexity index is 531. The highest BCUT2D eigenvalue weighted by Crippen LogP contribution is 2.08. The van der Waals surface area contributed by atoms with E-state index in [0.29, 0.717) is 65.6 Å². The molecule has 0 aromatic rings. The van der Waals surface area contributed by atoms with Gasteiger partial charge in [-0.3, -0.25) is 19.2 Å². The summed E-state index contributed by atoms with van der Waals surface area (Å²) in [5.74, 6) is -0.824. The minimum atomic E-state index is -0.738. The number of ether oxygens (including phenoxy) is 3. The highest BCUT2D eigenvalue weighted by molar-refractivity contribution is 5.78. The third kappa shape index (κ3) is 26.2. The molecule has 0 fully saturated rings. The van der Waals surface area contributed by atoms with Crippen LogP contribution in [-0.4, -0.2) is 81.9 Å². The van der Waals surface area contributed by atoms with Gasteiger partial charge in [-0.15, -0.1) is 0 Å². The highest BCUT2D eigenvalue weighted by Gasteiger charge is 2.02. The van der Waals surface area contributed by atoms with Crippen LogP contribution in [0.5, 0.6) is 0 Å². The molecule has 0 aromatic carbocycles. The van der Waals surface area contributed by atoms with Crippen molar-refractivity contribution in [2.75, 3.05) is 52.7 Å². The summed E-state index contributed by atoms with van der Waals surface area (Å²) in [5, 5.41) is 14.2. The van der Waals surface area contributed by atoms with Crippen molar-refractivity contribution >= 4 is 24.1 Å². The number of carboxylic acids is 1. The lowest BCUT2D eigenvalue weighted by Crippen LogP contribution is -2.25. The molecule has 0 rings (SSSR count). The lowest BCUT2D eigenvalue weighted by atomic mass is 10.1. The van der Waals surface area contributed by atoms with Gasteiger partial charge in [0.15, 0.2) is 6.29 Å². The number of hydrogen-bond donors (Lipinski definition) is 3. The molecule has 0 aliphatic rings. The monoisotopic (exact) mass is 487 g/mol. The number of carbonyl (C=O) groups is 3. The van der Waals surface area contributed by atoms with E-state index in [2.05, 4.69) is 10.6 Å². The maximum Gasteiger partial charge on any atom is 0.303 e. The summed E-state index contributed by atoms with van der Waals surface area (Å²) >= 11 is 0. The van der Waals surface area contributed by atoms with Gasteiger partial charge in [-0.05, 0) is 25.7 Å². The summed E-state index contributed by atoms with van der Waals surface area (Å²) < 4.78 is 16.3. The van der Waals surface area contributed by atoms with Crippen LogP contribution in [0.25, 0.3) is 0 Å². The van der Waals surface area contributed by atoms with Crippen molar-refractivity contribution in [1.82, 2.24) is 10.6 Å². The largest absolute Gasteiger partial charge is 0.481 e. The molecule has 197 valence electrons. The molecule has 2 amide bonds. The van der Waals surface area contributed by atoms with Crippen LogP contribution in [0.3, 0.4) is 0 Å². The number of nitrogens with one attached hydrogen (secondary N) is 2. The van der Waals surface area contributed by atoms with Crippen molar-refractivity contribution in [2.45, 2.75) is 77.0 Å². The number of carbonyl (C=O) groups excluding carboxylic acids is 3. The molecule has 0 saturated carbocycles. The zero-order chi connectivity index (χ0) is 25.1. The first kappa shape index (κ1) is 32.0. The van der Waals surface area contributed by atoms with Crippen molar-refractivity contribution in [2.24, 2.45) is 0 Å². The van der Waals surface area contributed by atoms with Gasteiger partial charge in [0.2, 0.25) is 11.8 Å². The molecule has 0 aliphatic heterocycles. The minimum Gasteiger partial charge on any atom is -0.481 e. The summed E-state index contributed by atoms with van der Waals surface area (Å²) in [6, 6.07) is 0. The minimum absolute atomic E-state index is 0.0631. The molecule has 0 heterocycles. The molecule has 0 spiro atoms. The molecule has 34 heavy (non-hydrogen) atoms. The molecule has 0 aromatic heterocycles. The molecule has 3 N–H and O–H groups in total. The zero-order valence-electron chi connectivity index (χ0n) is 20.4. The average molecular weight is 488 g/mol. The molecule has 0 saturated heterocycles. The Kier molecular flexibility index (Phi) is 24.0. The highest BCUT2D eigenvalue weighted by atomic mass is 16.5. The Morgan fingerprint density at radius 2 is 1.03 bits per heavy atom. The summed E-state index contributed by atoms with van der Waals surface area (Å²) in [4.78, 5) is 43.5. The fraction of sp³-hybridized carbons (Fsp3) is 0.833. The van der Waals surface area contributed by atoms with E-state index < -0.39 is 5.97 Å². The van der Waals surface area contributed by atoms with E-state index in [9.17, 15) is 19.2 Å². The molecule has 1 radical (unpaired) electrons. The first-order valence-electron chi connectivity index (χ1n) is 12.4. The quantitative estimate of drug-likeness (QED) is 0.158. The van der Waals surface area contributed by atoms with Gasteiger partial charge in [0.05, 0.1) is 26.4 Å². The van der Waals surface area contributed by atoms with Gasteiger partial charge in [0.25, 0.3) is 0 Å². The van der Waals surface area contributed by atoms with Gasteiger partial charge in [-0.2, -0.15) is 0 Å². The van der Waals surface area contributed by atoms with Gasteiger partial charge < -0.3 is 30.0 Å². The second-order valence-electron chi connectivity index (χ2n) is 7.90. The van der Waals surface area contributed by atoms with Crippen LogP contribution in [-0.2, 0) is 33.4 Å². The molecular formula is C24H43N2O8. The second kappa shape index (κ2) is 25.6. The molecular weight excluding hydrogens is 444 g/mol.